The Morgan fingerprint density at radius 2 is 2.25 bits per heavy atom. The number of benzene rings is 1. The van der Waals surface area contributed by atoms with Gasteiger partial charge in [0.2, 0.25) is 6.79 Å². The normalized spacial score (nSPS) is 14.2. The summed E-state index contributed by atoms with van der Waals surface area (Å²) >= 11 is 0. The van der Waals surface area contributed by atoms with Gasteiger partial charge in [-0.15, -0.1) is 0 Å². The van der Waals surface area contributed by atoms with Gasteiger partial charge >= 0.3 is 5.97 Å². The van der Waals surface area contributed by atoms with Crippen LogP contribution in [0, 0.1) is 17.2 Å². The SMILES string of the molecule is N#C[C@@H](Cc1ccc2c(c1)OCO2)C(=O)O. The van der Waals surface area contributed by atoms with E-state index in [0.717, 1.165) is 5.56 Å². The zero-order valence-corrected chi connectivity index (χ0v) is 8.34. The molecule has 0 unspecified atom stereocenters. The van der Waals surface area contributed by atoms with Crippen molar-refractivity contribution >= 4 is 5.97 Å². The maximum Gasteiger partial charge on any atom is 0.321 e. The minimum absolute atomic E-state index is 0.169. The Morgan fingerprint density at radius 1 is 1.50 bits per heavy atom. The zero-order valence-electron chi connectivity index (χ0n) is 8.34. The Labute approximate surface area is 91.8 Å². The van der Waals surface area contributed by atoms with Gasteiger partial charge < -0.3 is 14.6 Å². The zero-order chi connectivity index (χ0) is 11.5. The Kier molecular flexibility index (Phi) is 2.64. The van der Waals surface area contributed by atoms with E-state index in [1.54, 1.807) is 24.3 Å². The van der Waals surface area contributed by atoms with Crippen LogP contribution in [0.25, 0.3) is 0 Å². The molecule has 2 rings (SSSR count). The van der Waals surface area contributed by atoms with Gasteiger partial charge in [-0.05, 0) is 24.1 Å². The Balaban J connectivity index is 2.17. The third kappa shape index (κ3) is 1.91. The molecule has 1 aromatic rings. The van der Waals surface area contributed by atoms with Gasteiger partial charge in [0.05, 0.1) is 6.07 Å². The molecule has 1 heterocycles. The van der Waals surface area contributed by atoms with Crippen LogP contribution in [0.5, 0.6) is 11.5 Å². The first-order valence-electron chi connectivity index (χ1n) is 4.71. The highest BCUT2D eigenvalue weighted by Gasteiger charge is 2.19. The highest BCUT2D eigenvalue weighted by atomic mass is 16.7. The van der Waals surface area contributed by atoms with Crippen LogP contribution in [0.4, 0.5) is 0 Å². The van der Waals surface area contributed by atoms with E-state index in [0.29, 0.717) is 11.5 Å². The van der Waals surface area contributed by atoms with E-state index in [1.165, 1.54) is 0 Å². The summed E-state index contributed by atoms with van der Waals surface area (Å²) in [5.41, 5.74) is 0.748. The Bertz CT molecular complexity index is 464. The molecule has 0 amide bonds. The van der Waals surface area contributed by atoms with Crippen molar-refractivity contribution in [2.45, 2.75) is 6.42 Å². The summed E-state index contributed by atoms with van der Waals surface area (Å²) < 4.78 is 10.3. The molecule has 0 saturated carbocycles. The minimum Gasteiger partial charge on any atom is -0.480 e. The van der Waals surface area contributed by atoms with E-state index >= 15 is 0 Å². The van der Waals surface area contributed by atoms with Crippen molar-refractivity contribution in [3.8, 4) is 17.6 Å². The number of ether oxygens (including phenoxy) is 2. The molecule has 0 spiro atoms. The molecule has 82 valence electrons. The summed E-state index contributed by atoms with van der Waals surface area (Å²) in [7, 11) is 0. The maximum atomic E-state index is 10.7. The summed E-state index contributed by atoms with van der Waals surface area (Å²) in [4.78, 5) is 10.7. The molecule has 0 aromatic heterocycles. The second kappa shape index (κ2) is 4.11. The van der Waals surface area contributed by atoms with Gasteiger partial charge in [0.1, 0.15) is 5.92 Å². The number of carboxylic acids is 1. The molecule has 1 aliphatic rings. The second-order valence-electron chi connectivity index (χ2n) is 3.41. The number of nitrogens with zero attached hydrogens (tertiary/aromatic N) is 1. The van der Waals surface area contributed by atoms with Gasteiger partial charge in [0.15, 0.2) is 11.5 Å². The van der Waals surface area contributed by atoms with Gasteiger partial charge in [0, 0.05) is 0 Å². The van der Waals surface area contributed by atoms with Crippen molar-refractivity contribution in [3.63, 3.8) is 0 Å². The number of carbonyl (C=O) groups is 1. The Hall–Kier alpha value is -2.22. The number of rotatable bonds is 3. The largest absolute Gasteiger partial charge is 0.480 e. The van der Waals surface area contributed by atoms with E-state index < -0.39 is 11.9 Å². The average molecular weight is 219 g/mol. The predicted octanol–water partition coefficient (Wildman–Crippen LogP) is 1.18. The highest BCUT2D eigenvalue weighted by Crippen LogP contribution is 2.33. The third-order valence-corrected chi connectivity index (χ3v) is 2.33. The fourth-order valence-electron chi connectivity index (χ4n) is 1.49. The lowest BCUT2D eigenvalue weighted by Crippen LogP contribution is -2.14. The number of hydrogen-bond acceptors (Lipinski definition) is 4. The second-order valence-corrected chi connectivity index (χ2v) is 3.41. The maximum absolute atomic E-state index is 10.7. The van der Waals surface area contributed by atoms with Crippen molar-refractivity contribution in [3.05, 3.63) is 23.8 Å². The summed E-state index contributed by atoms with van der Waals surface area (Å²) in [6.07, 6.45) is 0.169. The van der Waals surface area contributed by atoms with Crippen LogP contribution in [-0.4, -0.2) is 17.9 Å². The fraction of sp³-hybridized carbons (Fsp3) is 0.273. The predicted molar refractivity (Wildman–Crippen MR) is 53.0 cm³/mol. The first-order chi connectivity index (χ1) is 7.70. The molecule has 1 aromatic carbocycles. The molecule has 16 heavy (non-hydrogen) atoms. The van der Waals surface area contributed by atoms with Crippen molar-refractivity contribution in [1.82, 2.24) is 0 Å². The van der Waals surface area contributed by atoms with E-state index in [-0.39, 0.29) is 13.2 Å². The molecule has 0 bridgehead atoms. The van der Waals surface area contributed by atoms with Crippen LogP contribution in [0.1, 0.15) is 5.56 Å². The van der Waals surface area contributed by atoms with Crippen molar-refractivity contribution in [2.24, 2.45) is 5.92 Å². The van der Waals surface area contributed by atoms with Crippen molar-refractivity contribution in [2.75, 3.05) is 6.79 Å². The summed E-state index contributed by atoms with van der Waals surface area (Å²) in [5.74, 6) is -0.896. The van der Waals surface area contributed by atoms with E-state index in [1.807, 2.05) is 0 Å². The summed E-state index contributed by atoms with van der Waals surface area (Å²) in [5, 5.41) is 17.4. The molecule has 1 atom stereocenters. The first kappa shape index (κ1) is 10.3. The molecule has 0 aliphatic carbocycles. The average Bonchev–Trinajstić information content (AvgIpc) is 2.72. The topological polar surface area (TPSA) is 79.5 Å². The molecule has 5 nitrogen and oxygen atoms in total. The van der Waals surface area contributed by atoms with Crippen LogP contribution in [0.15, 0.2) is 18.2 Å². The van der Waals surface area contributed by atoms with Crippen molar-refractivity contribution < 1.29 is 19.4 Å². The number of aliphatic carboxylic acids is 1. The van der Waals surface area contributed by atoms with Crippen LogP contribution < -0.4 is 9.47 Å². The first-order valence-corrected chi connectivity index (χ1v) is 4.71. The van der Waals surface area contributed by atoms with Crippen LogP contribution >= 0.6 is 0 Å². The van der Waals surface area contributed by atoms with Crippen LogP contribution in [0.3, 0.4) is 0 Å². The quantitative estimate of drug-likeness (QED) is 0.825. The van der Waals surface area contributed by atoms with Gasteiger partial charge in [-0.1, -0.05) is 6.07 Å². The molecule has 1 N–H and O–H groups in total. The highest BCUT2D eigenvalue weighted by molar-refractivity contribution is 5.73. The van der Waals surface area contributed by atoms with Crippen LogP contribution in [-0.2, 0) is 11.2 Å². The lowest BCUT2D eigenvalue weighted by molar-refractivity contribution is -0.139. The van der Waals surface area contributed by atoms with E-state index in [2.05, 4.69) is 0 Å². The molecular weight excluding hydrogens is 210 g/mol. The molecule has 0 radical (unpaired) electrons. The molecule has 0 saturated heterocycles. The van der Waals surface area contributed by atoms with E-state index in [4.69, 9.17) is 19.8 Å². The minimum atomic E-state index is -1.11. The number of carboxylic acid groups (broad SMARTS) is 1. The standard InChI is InChI=1S/C11H9NO4/c12-5-8(11(13)14)3-7-1-2-9-10(4-7)16-6-15-9/h1-2,4,8H,3,6H2,(H,13,14)/t8-/m1/s1. The van der Waals surface area contributed by atoms with Gasteiger partial charge in [-0.2, -0.15) is 5.26 Å². The smallest absolute Gasteiger partial charge is 0.321 e. The fourth-order valence-corrected chi connectivity index (χ4v) is 1.49. The van der Waals surface area contributed by atoms with Crippen molar-refractivity contribution in [1.29, 1.82) is 5.26 Å². The Morgan fingerprint density at radius 3 is 2.94 bits per heavy atom. The number of fused-ring (bicyclic) bond motifs is 1. The summed E-state index contributed by atoms with van der Waals surface area (Å²) in [6, 6.07) is 6.90. The molecule has 1 aliphatic heterocycles. The number of nitriles is 1. The monoisotopic (exact) mass is 219 g/mol. The van der Waals surface area contributed by atoms with Gasteiger partial charge in [-0.25, -0.2) is 0 Å². The van der Waals surface area contributed by atoms with Crippen LogP contribution in [0.2, 0.25) is 0 Å². The lowest BCUT2D eigenvalue weighted by Gasteiger charge is -2.04. The van der Waals surface area contributed by atoms with Gasteiger partial charge in [-0.3, -0.25) is 4.79 Å². The third-order valence-electron chi connectivity index (χ3n) is 2.33. The molecule has 5 heteroatoms. The lowest BCUT2D eigenvalue weighted by atomic mass is 10.0. The van der Waals surface area contributed by atoms with Gasteiger partial charge in [0.25, 0.3) is 0 Å². The summed E-state index contributed by atoms with van der Waals surface area (Å²) in [6.45, 7) is 0.180. The number of hydrogen-bond donors (Lipinski definition) is 1. The van der Waals surface area contributed by atoms with E-state index in [9.17, 15) is 4.79 Å². The molecular formula is C11H9NO4. The molecule has 0 fully saturated rings.